The first-order chi connectivity index (χ1) is 11.0. The Morgan fingerprint density at radius 2 is 2.22 bits per heavy atom. The standard InChI is InChI=1S/C16H24N4O3/c1-20-12(4-8-19-20)13-11(5-9-23-13)14(21)18-10-16(15(17)22)6-2-3-7-16/h4,8,11,13H,2-3,5-7,9-10H2,1H3,(H2,17,22)(H,18,21)/t11-,13-/m1/s1. The zero-order valence-electron chi connectivity index (χ0n) is 13.5. The van der Waals surface area contributed by atoms with Crippen LogP contribution in [0.15, 0.2) is 12.3 Å². The van der Waals surface area contributed by atoms with Gasteiger partial charge in [0.15, 0.2) is 0 Å². The molecular formula is C16H24N4O3. The summed E-state index contributed by atoms with van der Waals surface area (Å²) in [5.74, 6) is -0.626. The first kappa shape index (κ1) is 16.0. The molecule has 0 radical (unpaired) electrons. The molecule has 1 aliphatic carbocycles. The monoisotopic (exact) mass is 320 g/mol. The third-order valence-corrected chi connectivity index (χ3v) is 5.26. The second-order valence-electron chi connectivity index (χ2n) is 6.64. The number of primary amides is 1. The molecule has 2 fully saturated rings. The van der Waals surface area contributed by atoms with Crippen molar-refractivity contribution in [1.29, 1.82) is 0 Å². The van der Waals surface area contributed by atoms with Gasteiger partial charge in [0.1, 0.15) is 6.10 Å². The number of aromatic nitrogens is 2. The van der Waals surface area contributed by atoms with E-state index < -0.39 is 5.41 Å². The Labute approximate surface area is 135 Å². The number of amides is 2. The molecule has 3 N–H and O–H groups in total. The fourth-order valence-electron chi connectivity index (χ4n) is 3.76. The highest BCUT2D eigenvalue weighted by atomic mass is 16.5. The Kier molecular flexibility index (Phi) is 4.39. The molecule has 2 atom stereocenters. The highest BCUT2D eigenvalue weighted by Gasteiger charge is 2.42. The summed E-state index contributed by atoms with van der Waals surface area (Å²) in [6.07, 6.45) is 5.59. The van der Waals surface area contributed by atoms with Crippen molar-refractivity contribution < 1.29 is 14.3 Å². The summed E-state index contributed by atoms with van der Waals surface area (Å²) >= 11 is 0. The van der Waals surface area contributed by atoms with Crippen LogP contribution in [0.5, 0.6) is 0 Å². The van der Waals surface area contributed by atoms with Gasteiger partial charge in [-0.3, -0.25) is 14.3 Å². The maximum atomic E-state index is 12.6. The van der Waals surface area contributed by atoms with Gasteiger partial charge in [0, 0.05) is 26.4 Å². The van der Waals surface area contributed by atoms with E-state index in [0.717, 1.165) is 31.4 Å². The smallest absolute Gasteiger partial charge is 0.226 e. The van der Waals surface area contributed by atoms with Crippen LogP contribution in [-0.2, 0) is 21.4 Å². The van der Waals surface area contributed by atoms with E-state index >= 15 is 0 Å². The Hall–Kier alpha value is -1.89. The molecule has 1 saturated carbocycles. The van der Waals surface area contributed by atoms with Crippen molar-refractivity contribution in [1.82, 2.24) is 15.1 Å². The number of nitrogens with zero attached hydrogens (tertiary/aromatic N) is 2. The zero-order chi connectivity index (χ0) is 16.4. The molecule has 1 aromatic heterocycles. The lowest BCUT2D eigenvalue weighted by Crippen LogP contribution is -2.46. The Morgan fingerprint density at radius 1 is 1.48 bits per heavy atom. The minimum absolute atomic E-state index is 0.0683. The van der Waals surface area contributed by atoms with Crippen molar-refractivity contribution in [2.75, 3.05) is 13.2 Å². The Bertz CT molecular complexity index is 592. The summed E-state index contributed by atoms with van der Waals surface area (Å²) in [5, 5.41) is 7.09. The van der Waals surface area contributed by atoms with Crippen molar-refractivity contribution in [2.24, 2.45) is 24.1 Å². The van der Waals surface area contributed by atoms with Gasteiger partial charge in [-0.05, 0) is 25.3 Å². The van der Waals surface area contributed by atoms with E-state index in [1.807, 2.05) is 13.1 Å². The zero-order valence-corrected chi connectivity index (χ0v) is 13.5. The SMILES string of the molecule is Cn1nccc1[C@@H]1OCC[C@H]1C(=O)NCC1(C(N)=O)CCCC1. The van der Waals surface area contributed by atoms with Gasteiger partial charge in [-0.1, -0.05) is 12.8 Å². The topological polar surface area (TPSA) is 99.2 Å². The summed E-state index contributed by atoms with van der Waals surface area (Å²) in [6.45, 7) is 0.880. The molecule has 0 aromatic carbocycles. The molecule has 1 saturated heterocycles. The number of nitrogens with two attached hydrogens (primary N) is 1. The molecule has 1 aromatic rings. The molecule has 2 amide bonds. The molecular weight excluding hydrogens is 296 g/mol. The van der Waals surface area contributed by atoms with Crippen LogP contribution >= 0.6 is 0 Å². The maximum Gasteiger partial charge on any atom is 0.226 e. The summed E-state index contributed by atoms with van der Waals surface area (Å²) in [7, 11) is 1.84. The van der Waals surface area contributed by atoms with Crippen molar-refractivity contribution >= 4 is 11.8 Å². The Balaban J connectivity index is 1.66. The molecule has 126 valence electrons. The van der Waals surface area contributed by atoms with Crippen molar-refractivity contribution in [2.45, 2.75) is 38.2 Å². The fourth-order valence-corrected chi connectivity index (χ4v) is 3.76. The molecule has 7 nitrogen and oxygen atoms in total. The minimum Gasteiger partial charge on any atom is -0.371 e. The van der Waals surface area contributed by atoms with Gasteiger partial charge in [-0.25, -0.2) is 0 Å². The number of aryl methyl sites for hydroxylation is 1. The lowest BCUT2D eigenvalue weighted by molar-refractivity contribution is -0.130. The van der Waals surface area contributed by atoms with Gasteiger partial charge < -0.3 is 15.8 Å². The normalized spacial score (nSPS) is 26.3. The maximum absolute atomic E-state index is 12.6. The lowest BCUT2D eigenvalue weighted by atomic mass is 9.85. The molecule has 1 aliphatic heterocycles. The number of rotatable bonds is 5. The fraction of sp³-hybridized carbons (Fsp3) is 0.688. The van der Waals surface area contributed by atoms with Crippen molar-refractivity contribution in [3.05, 3.63) is 18.0 Å². The van der Waals surface area contributed by atoms with E-state index in [-0.39, 0.29) is 23.8 Å². The van der Waals surface area contributed by atoms with E-state index in [1.165, 1.54) is 0 Å². The molecule has 0 bridgehead atoms. The quantitative estimate of drug-likeness (QED) is 0.832. The van der Waals surface area contributed by atoms with Gasteiger partial charge >= 0.3 is 0 Å². The van der Waals surface area contributed by atoms with Crippen LogP contribution in [0.3, 0.4) is 0 Å². The van der Waals surface area contributed by atoms with Crippen LogP contribution in [-0.4, -0.2) is 34.7 Å². The largest absolute Gasteiger partial charge is 0.371 e. The van der Waals surface area contributed by atoms with Crippen LogP contribution in [0, 0.1) is 11.3 Å². The van der Waals surface area contributed by atoms with E-state index in [9.17, 15) is 9.59 Å². The van der Waals surface area contributed by atoms with Crippen LogP contribution in [0.2, 0.25) is 0 Å². The molecule has 3 rings (SSSR count). The predicted octanol–water partition coefficient (Wildman–Crippen LogP) is 0.660. The third-order valence-electron chi connectivity index (χ3n) is 5.26. The number of hydrogen-bond acceptors (Lipinski definition) is 4. The Morgan fingerprint density at radius 3 is 2.83 bits per heavy atom. The van der Waals surface area contributed by atoms with Gasteiger partial charge in [0.05, 0.1) is 17.0 Å². The summed E-state index contributed by atoms with van der Waals surface area (Å²) in [4.78, 5) is 24.4. The number of nitrogens with one attached hydrogen (secondary N) is 1. The molecule has 23 heavy (non-hydrogen) atoms. The second-order valence-corrected chi connectivity index (χ2v) is 6.64. The van der Waals surface area contributed by atoms with Crippen molar-refractivity contribution in [3.63, 3.8) is 0 Å². The van der Waals surface area contributed by atoms with E-state index in [4.69, 9.17) is 10.5 Å². The first-order valence-corrected chi connectivity index (χ1v) is 8.21. The first-order valence-electron chi connectivity index (χ1n) is 8.21. The average molecular weight is 320 g/mol. The van der Waals surface area contributed by atoms with Gasteiger partial charge in [-0.15, -0.1) is 0 Å². The van der Waals surface area contributed by atoms with Gasteiger partial charge in [0.2, 0.25) is 11.8 Å². The van der Waals surface area contributed by atoms with E-state index in [0.29, 0.717) is 19.6 Å². The third kappa shape index (κ3) is 2.97. The number of carbonyl (C=O) groups is 2. The highest BCUT2D eigenvalue weighted by molar-refractivity contribution is 5.84. The second kappa shape index (κ2) is 6.31. The predicted molar refractivity (Wildman–Crippen MR) is 83.1 cm³/mol. The van der Waals surface area contributed by atoms with E-state index in [2.05, 4.69) is 10.4 Å². The van der Waals surface area contributed by atoms with Crippen molar-refractivity contribution in [3.8, 4) is 0 Å². The molecule has 2 heterocycles. The van der Waals surface area contributed by atoms with Crippen LogP contribution in [0.1, 0.15) is 43.9 Å². The molecule has 0 unspecified atom stereocenters. The summed E-state index contributed by atoms with van der Waals surface area (Å²) in [5.41, 5.74) is 5.89. The summed E-state index contributed by atoms with van der Waals surface area (Å²) in [6, 6.07) is 1.87. The highest BCUT2D eigenvalue weighted by Crippen LogP contribution is 2.38. The van der Waals surface area contributed by atoms with E-state index in [1.54, 1.807) is 10.9 Å². The molecule has 7 heteroatoms. The number of carbonyl (C=O) groups excluding carboxylic acids is 2. The average Bonchev–Trinajstić information content (AvgIpc) is 3.25. The molecule has 2 aliphatic rings. The minimum atomic E-state index is -0.572. The van der Waals surface area contributed by atoms with Crippen LogP contribution < -0.4 is 11.1 Å². The number of hydrogen-bond donors (Lipinski definition) is 2. The van der Waals surface area contributed by atoms with Crippen LogP contribution in [0.25, 0.3) is 0 Å². The van der Waals surface area contributed by atoms with Crippen LogP contribution in [0.4, 0.5) is 0 Å². The number of ether oxygens (including phenoxy) is 1. The van der Waals surface area contributed by atoms with Gasteiger partial charge in [-0.2, -0.15) is 5.10 Å². The molecule has 0 spiro atoms. The summed E-state index contributed by atoms with van der Waals surface area (Å²) < 4.78 is 7.48. The lowest BCUT2D eigenvalue weighted by Gasteiger charge is -2.26. The van der Waals surface area contributed by atoms with Gasteiger partial charge in [0.25, 0.3) is 0 Å².